The quantitative estimate of drug-likeness (QED) is 0.510. The van der Waals surface area contributed by atoms with Crippen molar-refractivity contribution in [1.29, 1.82) is 0 Å². The van der Waals surface area contributed by atoms with Gasteiger partial charge in [0.25, 0.3) is 0 Å². The smallest absolute Gasteiger partial charge is 0.192 e. The molecule has 4 heteroatoms. The minimum absolute atomic E-state index is 0.0286. The highest BCUT2D eigenvalue weighted by atomic mass is 19.1. The number of carbonyl (C=O) groups is 1. The molecule has 0 aliphatic carbocycles. The van der Waals surface area contributed by atoms with E-state index < -0.39 is 5.78 Å². The maximum Gasteiger partial charge on any atom is 0.192 e. The van der Waals surface area contributed by atoms with Gasteiger partial charge in [0, 0.05) is 0 Å². The van der Waals surface area contributed by atoms with Gasteiger partial charge in [-0.3, -0.25) is 4.79 Å². The summed E-state index contributed by atoms with van der Waals surface area (Å²) in [5.41, 5.74) is 1.08. The largest absolute Gasteiger partial charge is 0.508 e. The fourth-order valence-electron chi connectivity index (χ4n) is 1.79. The zero-order chi connectivity index (χ0) is 14.7. The number of ketones is 1. The van der Waals surface area contributed by atoms with E-state index >= 15 is 0 Å². The molecule has 3 nitrogen and oxygen atoms in total. The summed E-state index contributed by atoms with van der Waals surface area (Å²) < 4.78 is 12.8. The Morgan fingerprint density at radius 2 is 1.75 bits per heavy atom. The number of phenols is 2. The first-order valence-electron chi connectivity index (χ1n) is 5.98. The highest BCUT2D eigenvalue weighted by Gasteiger charge is 2.13. The zero-order valence-electron chi connectivity index (χ0n) is 10.8. The van der Waals surface area contributed by atoms with Gasteiger partial charge in [0.1, 0.15) is 17.3 Å². The van der Waals surface area contributed by atoms with E-state index in [0.717, 1.165) is 0 Å². The number of allylic oxidation sites excluding steroid dienone is 1. The van der Waals surface area contributed by atoms with Gasteiger partial charge < -0.3 is 10.2 Å². The Labute approximate surface area is 115 Å². The average molecular weight is 272 g/mol. The number of aromatic hydroxyl groups is 2. The topological polar surface area (TPSA) is 57.5 Å². The zero-order valence-corrected chi connectivity index (χ0v) is 10.8. The van der Waals surface area contributed by atoms with Crippen molar-refractivity contribution in [3.63, 3.8) is 0 Å². The van der Waals surface area contributed by atoms with Crippen molar-refractivity contribution in [3.8, 4) is 11.5 Å². The van der Waals surface area contributed by atoms with Crippen LogP contribution in [0.5, 0.6) is 11.5 Å². The lowest BCUT2D eigenvalue weighted by Gasteiger charge is -2.05. The molecule has 0 saturated carbocycles. The summed E-state index contributed by atoms with van der Waals surface area (Å²) in [7, 11) is 0. The van der Waals surface area contributed by atoms with Crippen molar-refractivity contribution in [1.82, 2.24) is 0 Å². The molecule has 0 bridgehead atoms. The summed E-state index contributed by atoms with van der Waals surface area (Å²) in [6.07, 6.45) is 1.59. The molecule has 0 aliphatic rings. The van der Waals surface area contributed by atoms with Gasteiger partial charge in [-0.15, -0.1) is 0 Å². The molecule has 0 heterocycles. The maximum absolute atomic E-state index is 12.8. The summed E-state index contributed by atoms with van der Waals surface area (Å²) >= 11 is 0. The molecular formula is C16H13FO3. The fourth-order valence-corrected chi connectivity index (χ4v) is 1.79. The summed E-state index contributed by atoms with van der Waals surface area (Å²) in [6, 6.07) is 9.46. The molecule has 0 aromatic heterocycles. The SMILES string of the molecule is C/C(=C\c1ccc(F)cc1)C(=O)c1cc(O)ccc1O. The second-order valence-electron chi connectivity index (χ2n) is 4.41. The maximum atomic E-state index is 12.8. The van der Waals surface area contributed by atoms with Crippen molar-refractivity contribution < 1.29 is 19.4 Å². The number of phenolic OH excluding ortho intramolecular Hbond substituents is 2. The molecule has 0 radical (unpaired) electrons. The van der Waals surface area contributed by atoms with Crippen molar-refractivity contribution in [2.45, 2.75) is 6.92 Å². The molecular weight excluding hydrogens is 259 g/mol. The van der Waals surface area contributed by atoms with E-state index in [1.807, 2.05) is 0 Å². The lowest BCUT2D eigenvalue weighted by atomic mass is 10.0. The molecule has 0 saturated heterocycles. The molecule has 2 N–H and O–H groups in total. The van der Waals surface area contributed by atoms with E-state index in [0.29, 0.717) is 11.1 Å². The van der Waals surface area contributed by atoms with E-state index in [1.165, 1.54) is 30.3 Å². The molecule has 0 amide bonds. The van der Waals surface area contributed by atoms with Crippen LogP contribution in [0.1, 0.15) is 22.8 Å². The van der Waals surface area contributed by atoms with Gasteiger partial charge in [-0.25, -0.2) is 4.39 Å². The summed E-state index contributed by atoms with van der Waals surface area (Å²) in [6.45, 7) is 1.59. The fraction of sp³-hybridized carbons (Fsp3) is 0.0625. The van der Waals surface area contributed by atoms with Crippen LogP contribution in [0, 0.1) is 5.82 Å². The number of halogens is 1. The van der Waals surface area contributed by atoms with Crippen LogP contribution in [-0.4, -0.2) is 16.0 Å². The molecule has 2 aromatic rings. The van der Waals surface area contributed by atoms with E-state index in [9.17, 15) is 19.4 Å². The van der Waals surface area contributed by atoms with Crippen LogP contribution in [0.15, 0.2) is 48.0 Å². The molecule has 0 unspecified atom stereocenters. The average Bonchev–Trinajstić information content (AvgIpc) is 2.43. The highest BCUT2D eigenvalue weighted by Crippen LogP contribution is 2.25. The Bertz CT molecular complexity index is 673. The standard InChI is InChI=1S/C16H13FO3/c1-10(8-11-2-4-12(17)5-3-11)16(20)14-9-13(18)6-7-15(14)19/h2-9,18-19H,1H3/b10-8+. The third kappa shape index (κ3) is 3.03. The van der Waals surface area contributed by atoms with E-state index in [4.69, 9.17) is 0 Å². The predicted octanol–water partition coefficient (Wildman–Crippen LogP) is 3.52. The monoisotopic (exact) mass is 272 g/mol. The van der Waals surface area contributed by atoms with Crippen LogP contribution in [0.3, 0.4) is 0 Å². The van der Waals surface area contributed by atoms with Crippen LogP contribution in [-0.2, 0) is 0 Å². The number of rotatable bonds is 3. The predicted molar refractivity (Wildman–Crippen MR) is 74.2 cm³/mol. The van der Waals surface area contributed by atoms with Crippen LogP contribution in [0.25, 0.3) is 6.08 Å². The van der Waals surface area contributed by atoms with Gasteiger partial charge in [0.15, 0.2) is 5.78 Å². The first kappa shape index (κ1) is 13.8. The van der Waals surface area contributed by atoms with E-state index in [2.05, 4.69) is 0 Å². The number of Topliss-reactive ketones (excluding diaryl/α,β-unsaturated/α-hetero) is 1. The summed E-state index contributed by atoms with van der Waals surface area (Å²) in [5.74, 6) is -1.04. The first-order valence-corrected chi connectivity index (χ1v) is 5.98. The molecule has 2 aromatic carbocycles. The Hall–Kier alpha value is -2.62. The van der Waals surface area contributed by atoms with Gasteiger partial charge in [-0.2, -0.15) is 0 Å². The Morgan fingerprint density at radius 1 is 1.10 bits per heavy atom. The minimum atomic E-state index is -0.400. The van der Waals surface area contributed by atoms with Gasteiger partial charge in [-0.1, -0.05) is 12.1 Å². The number of hydrogen-bond acceptors (Lipinski definition) is 3. The number of hydrogen-bond donors (Lipinski definition) is 2. The van der Waals surface area contributed by atoms with Crippen molar-refractivity contribution in [2.24, 2.45) is 0 Å². The molecule has 0 aliphatic heterocycles. The third-order valence-corrected chi connectivity index (χ3v) is 2.84. The lowest BCUT2D eigenvalue weighted by molar-refractivity contribution is 0.103. The van der Waals surface area contributed by atoms with Gasteiger partial charge in [0.05, 0.1) is 5.56 Å². The summed E-state index contributed by atoms with van der Waals surface area (Å²) in [5, 5.41) is 19.0. The molecule has 0 spiro atoms. The molecule has 2 rings (SSSR count). The third-order valence-electron chi connectivity index (χ3n) is 2.84. The number of benzene rings is 2. The van der Waals surface area contributed by atoms with Crippen LogP contribution in [0.2, 0.25) is 0 Å². The Kier molecular flexibility index (Phi) is 3.84. The van der Waals surface area contributed by atoms with Gasteiger partial charge >= 0.3 is 0 Å². The van der Waals surface area contributed by atoms with Crippen molar-refractivity contribution in [2.75, 3.05) is 0 Å². The Morgan fingerprint density at radius 3 is 2.40 bits per heavy atom. The van der Waals surface area contributed by atoms with E-state index in [-0.39, 0.29) is 22.9 Å². The normalized spacial score (nSPS) is 11.4. The van der Waals surface area contributed by atoms with E-state index in [1.54, 1.807) is 25.1 Å². The molecule has 0 atom stereocenters. The molecule has 20 heavy (non-hydrogen) atoms. The summed E-state index contributed by atoms with van der Waals surface area (Å²) in [4.78, 5) is 12.2. The second-order valence-corrected chi connectivity index (χ2v) is 4.41. The molecule has 0 fully saturated rings. The first-order chi connectivity index (χ1) is 9.47. The van der Waals surface area contributed by atoms with Crippen molar-refractivity contribution in [3.05, 3.63) is 65.0 Å². The Balaban J connectivity index is 2.32. The van der Waals surface area contributed by atoms with Gasteiger partial charge in [-0.05, 0) is 54.5 Å². The van der Waals surface area contributed by atoms with Crippen LogP contribution >= 0.6 is 0 Å². The minimum Gasteiger partial charge on any atom is -0.508 e. The number of carbonyl (C=O) groups excluding carboxylic acids is 1. The second kappa shape index (κ2) is 5.57. The van der Waals surface area contributed by atoms with Crippen molar-refractivity contribution >= 4 is 11.9 Å². The lowest BCUT2D eigenvalue weighted by Crippen LogP contribution is -2.01. The van der Waals surface area contributed by atoms with Crippen LogP contribution < -0.4 is 0 Å². The molecule has 102 valence electrons. The highest BCUT2D eigenvalue weighted by molar-refractivity contribution is 6.12. The van der Waals surface area contributed by atoms with Gasteiger partial charge in [0.2, 0.25) is 0 Å². The van der Waals surface area contributed by atoms with Crippen LogP contribution in [0.4, 0.5) is 4.39 Å².